The largest absolute Gasteiger partial charge is 0.450 e. The summed E-state index contributed by atoms with van der Waals surface area (Å²) >= 11 is 0. The smallest absolute Gasteiger partial charge is 0.338 e. The van der Waals surface area contributed by atoms with E-state index in [9.17, 15) is 4.79 Å². The molecule has 4 heterocycles. The molecule has 8 rings (SSSR count). The van der Waals surface area contributed by atoms with Crippen LogP contribution in [-0.2, 0) is 78.5 Å². The molecule has 328 valence electrons. The molecule has 15 heteroatoms. The Kier molecular flexibility index (Phi) is 14.0. The molecular formula is C47H53N3O12. The Morgan fingerprint density at radius 1 is 0.613 bits per heavy atom. The number of benzene rings is 4. The molecular weight excluding hydrogens is 799 g/mol. The normalized spacial score (nSPS) is 29.5. The minimum absolute atomic E-state index is 0.0643. The van der Waals surface area contributed by atoms with Gasteiger partial charge >= 0.3 is 5.97 Å². The lowest BCUT2D eigenvalue weighted by Crippen LogP contribution is -2.63. The van der Waals surface area contributed by atoms with Crippen molar-refractivity contribution in [2.24, 2.45) is 5.11 Å². The average Bonchev–Trinajstić information content (AvgIpc) is 3.78. The molecule has 0 aromatic heterocycles. The van der Waals surface area contributed by atoms with Crippen LogP contribution < -0.4 is 0 Å². The zero-order valence-corrected chi connectivity index (χ0v) is 35.2. The van der Waals surface area contributed by atoms with E-state index < -0.39 is 79.0 Å². The molecule has 4 fully saturated rings. The molecule has 4 aliphatic heterocycles. The van der Waals surface area contributed by atoms with E-state index in [2.05, 4.69) is 10.0 Å². The minimum Gasteiger partial charge on any atom is -0.450 e. The number of esters is 1. The predicted octanol–water partition coefficient (Wildman–Crippen LogP) is 7.55. The number of carbonyl (C=O) groups excluding carboxylic acids is 1. The third kappa shape index (κ3) is 10.7. The lowest BCUT2D eigenvalue weighted by atomic mass is 9.97. The number of hydrogen-bond acceptors (Lipinski definition) is 13. The molecule has 0 bridgehead atoms. The second-order valence-electron chi connectivity index (χ2n) is 16.5. The number of hydrogen-bond donors (Lipinski definition) is 0. The van der Waals surface area contributed by atoms with Crippen molar-refractivity contribution in [3.63, 3.8) is 0 Å². The van der Waals surface area contributed by atoms with Crippen LogP contribution in [0.5, 0.6) is 0 Å². The van der Waals surface area contributed by atoms with Crippen LogP contribution in [0.15, 0.2) is 120 Å². The van der Waals surface area contributed by atoms with Gasteiger partial charge in [-0.15, -0.1) is 0 Å². The molecule has 0 unspecified atom stereocenters. The maximum atomic E-state index is 14.4. The van der Waals surface area contributed by atoms with Crippen LogP contribution in [-0.4, -0.2) is 92.2 Å². The molecule has 15 nitrogen and oxygen atoms in total. The maximum absolute atomic E-state index is 14.4. The third-order valence-electron chi connectivity index (χ3n) is 11.0. The molecule has 10 atom stereocenters. The van der Waals surface area contributed by atoms with Gasteiger partial charge in [0.15, 0.2) is 30.3 Å². The van der Waals surface area contributed by atoms with Gasteiger partial charge in [0.05, 0.1) is 45.1 Å². The average molecular weight is 852 g/mol. The van der Waals surface area contributed by atoms with Gasteiger partial charge in [-0.2, -0.15) is 0 Å². The fourth-order valence-corrected chi connectivity index (χ4v) is 8.23. The summed E-state index contributed by atoms with van der Waals surface area (Å²) in [7, 11) is 0. The Hall–Kier alpha value is -4.74. The first-order chi connectivity index (χ1) is 30.1. The van der Waals surface area contributed by atoms with Crippen LogP contribution in [0.1, 0.15) is 60.3 Å². The van der Waals surface area contributed by atoms with Gasteiger partial charge in [0, 0.05) is 4.91 Å². The number of fused-ring (bicyclic) bond motifs is 3. The summed E-state index contributed by atoms with van der Waals surface area (Å²) in [4.78, 5) is 17.3. The molecule has 4 aromatic carbocycles. The van der Waals surface area contributed by atoms with Crippen molar-refractivity contribution >= 4 is 5.97 Å². The predicted molar refractivity (Wildman–Crippen MR) is 222 cm³/mol. The van der Waals surface area contributed by atoms with Crippen LogP contribution in [0.4, 0.5) is 0 Å². The second-order valence-corrected chi connectivity index (χ2v) is 16.5. The van der Waals surface area contributed by atoms with E-state index >= 15 is 0 Å². The summed E-state index contributed by atoms with van der Waals surface area (Å²) in [5, 5.41) is 3.71. The second kappa shape index (κ2) is 19.8. The highest BCUT2D eigenvalue weighted by molar-refractivity contribution is 5.91. The monoisotopic (exact) mass is 851 g/mol. The standard InChI is InChI=1S/C47H53N3O12/c1-46(2)59-38-36(57-45-42(40(38)60-46)61-47(3,4)62-45)29-55-44-41(58-43(51)34-23-15-14-22-33(34)24-49-50-48)39(54-27-32-20-12-7-13-21-32)37(53-26-31-18-10-6-11-19-31)35(56-44)28-52-25-30-16-8-5-9-17-30/h5-23,35-42,44-45H,24-29H2,1-4H3/t35-,36-,37-,38+,39+,40+,41-,42-,44-,45-/m1/s1. The summed E-state index contributed by atoms with van der Waals surface area (Å²) in [6, 6.07) is 36.0. The van der Waals surface area contributed by atoms with Crippen molar-refractivity contribution in [2.45, 2.75) is 127 Å². The van der Waals surface area contributed by atoms with Gasteiger partial charge in [0.25, 0.3) is 0 Å². The van der Waals surface area contributed by atoms with Gasteiger partial charge in [-0.25, -0.2) is 4.79 Å². The Bertz CT molecular complexity index is 2120. The van der Waals surface area contributed by atoms with Gasteiger partial charge in [-0.3, -0.25) is 0 Å². The van der Waals surface area contributed by atoms with Crippen molar-refractivity contribution in [1.29, 1.82) is 0 Å². The SMILES string of the molecule is CC1(C)O[C@H]2[C@@H](O1)[C@@H](CO[C@@H]1O[C@H](COCc3ccccc3)[C@@H](OCc3ccccc3)[C@H](OCc3ccccc3)[C@H]1OC(=O)c1ccccc1CN=[N+]=[N-])O[C@@H]1OC(C)(C)O[C@@H]12. The summed E-state index contributed by atoms with van der Waals surface area (Å²) in [6.07, 6.45) is -8.15. The van der Waals surface area contributed by atoms with E-state index in [1.807, 2.05) is 119 Å². The van der Waals surface area contributed by atoms with E-state index in [4.69, 9.17) is 57.6 Å². The molecule has 4 aliphatic rings. The molecule has 0 amide bonds. The van der Waals surface area contributed by atoms with Gasteiger partial charge in [-0.05, 0) is 61.5 Å². The van der Waals surface area contributed by atoms with Gasteiger partial charge in [-0.1, -0.05) is 114 Å². The topological polar surface area (TPSA) is 167 Å². The molecule has 0 N–H and O–H groups in total. The van der Waals surface area contributed by atoms with Gasteiger partial charge < -0.3 is 52.1 Å². The van der Waals surface area contributed by atoms with Crippen LogP contribution in [0, 0.1) is 0 Å². The molecule has 62 heavy (non-hydrogen) atoms. The first-order valence-electron chi connectivity index (χ1n) is 20.9. The molecule has 4 saturated heterocycles. The van der Waals surface area contributed by atoms with Gasteiger partial charge in [0.2, 0.25) is 0 Å². The lowest BCUT2D eigenvalue weighted by molar-refractivity contribution is -0.328. The molecule has 4 aromatic rings. The van der Waals surface area contributed by atoms with Crippen LogP contribution in [0.25, 0.3) is 10.4 Å². The van der Waals surface area contributed by atoms with Gasteiger partial charge in [0.1, 0.15) is 42.7 Å². The first-order valence-corrected chi connectivity index (χ1v) is 20.9. The zero-order chi connectivity index (χ0) is 43.1. The maximum Gasteiger partial charge on any atom is 0.338 e. The highest BCUT2D eigenvalue weighted by Gasteiger charge is 2.61. The summed E-state index contributed by atoms with van der Waals surface area (Å²) in [5.74, 6) is -2.56. The quantitative estimate of drug-likeness (QED) is 0.0444. The molecule has 0 spiro atoms. The summed E-state index contributed by atoms with van der Waals surface area (Å²) in [5.41, 5.74) is 12.6. The number of carbonyl (C=O) groups is 1. The van der Waals surface area contributed by atoms with Crippen molar-refractivity contribution in [3.8, 4) is 0 Å². The van der Waals surface area contributed by atoms with Crippen molar-refractivity contribution in [3.05, 3.63) is 154 Å². The van der Waals surface area contributed by atoms with E-state index in [0.717, 1.165) is 16.7 Å². The van der Waals surface area contributed by atoms with Crippen molar-refractivity contribution in [2.75, 3.05) is 13.2 Å². The van der Waals surface area contributed by atoms with E-state index in [0.29, 0.717) is 12.2 Å². The van der Waals surface area contributed by atoms with Crippen LogP contribution in [0.2, 0.25) is 0 Å². The van der Waals surface area contributed by atoms with E-state index in [1.54, 1.807) is 24.3 Å². The Morgan fingerprint density at radius 3 is 1.84 bits per heavy atom. The van der Waals surface area contributed by atoms with E-state index in [1.165, 1.54) is 0 Å². The third-order valence-corrected chi connectivity index (χ3v) is 11.0. The van der Waals surface area contributed by atoms with Crippen molar-refractivity contribution in [1.82, 2.24) is 0 Å². The number of azide groups is 1. The summed E-state index contributed by atoms with van der Waals surface area (Å²) < 4.78 is 71.6. The zero-order valence-electron chi connectivity index (χ0n) is 35.2. The fourth-order valence-electron chi connectivity index (χ4n) is 8.23. The highest BCUT2D eigenvalue weighted by Crippen LogP contribution is 2.44. The Labute approximate surface area is 361 Å². The number of rotatable bonds is 17. The first kappa shape index (κ1) is 43.9. The Balaban J connectivity index is 1.14. The molecule has 0 aliphatic carbocycles. The lowest BCUT2D eigenvalue weighted by Gasteiger charge is -2.46. The van der Waals surface area contributed by atoms with E-state index in [-0.39, 0.29) is 38.5 Å². The number of nitrogens with zero attached hydrogens (tertiary/aromatic N) is 3. The summed E-state index contributed by atoms with van der Waals surface area (Å²) in [6.45, 7) is 7.90. The number of ether oxygens (including phenoxy) is 11. The highest BCUT2D eigenvalue weighted by atomic mass is 16.9. The fraction of sp³-hybridized carbons (Fsp3) is 0.468. The Morgan fingerprint density at radius 2 is 1.18 bits per heavy atom. The molecule has 0 saturated carbocycles. The van der Waals surface area contributed by atoms with Crippen molar-refractivity contribution < 1.29 is 56.9 Å². The molecule has 0 radical (unpaired) electrons. The minimum atomic E-state index is -1.24. The van der Waals surface area contributed by atoms with Crippen LogP contribution in [0.3, 0.4) is 0 Å². The van der Waals surface area contributed by atoms with Crippen LogP contribution >= 0.6 is 0 Å².